The summed E-state index contributed by atoms with van der Waals surface area (Å²) >= 11 is 0. The highest BCUT2D eigenvalue weighted by atomic mass is 16.6. The standard InChI is InChI=1S/C14H25NO2/c1-13(2,3)17-12(16)15-11-7-6-9-8-10(11)14(9,4)5/h9-11H,6-8H2,1-5H3,(H,15,16). The molecule has 0 aromatic heterocycles. The number of carbonyl (C=O) groups excluding carboxylic acids is 1. The van der Waals surface area contributed by atoms with Crippen LogP contribution in [-0.2, 0) is 4.74 Å². The Hall–Kier alpha value is -0.730. The van der Waals surface area contributed by atoms with E-state index in [1.165, 1.54) is 12.8 Å². The third kappa shape index (κ3) is 2.43. The number of hydrogen-bond donors (Lipinski definition) is 1. The minimum Gasteiger partial charge on any atom is -0.444 e. The zero-order chi connectivity index (χ0) is 12.8. The van der Waals surface area contributed by atoms with Gasteiger partial charge >= 0.3 is 6.09 Å². The maximum atomic E-state index is 11.8. The van der Waals surface area contributed by atoms with Crippen molar-refractivity contribution in [3.63, 3.8) is 0 Å². The molecule has 3 heteroatoms. The van der Waals surface area contributed by atoms with E-state index >= 15 is 0 Å². The molecule has 1 N–H and O–H groups in total. The Kier molecular flexibility index (Phi) is 2.91. The van der Waals surface area contributed by atoms with Crippen LogP contribution in [-0.4, -0.2) is 17.7 Å². The SMILES string of the molecule is CC(C)(C)OC(=O)NC1CCC2CC1C2(C)C. The minimum absolute atomic E-state index is 0.261. The van der Waals surface area contributed by atoms with Gasteiger partial charge in [-0.2, -0.15) is 0 Å². The van der Waals surface area contributed by atoms with Crippen LogP contribution in [0.25, 0.3) is 0 Å². The number of rotatable bonds is 1. The maximum Gasteiger partial charge on any atom is 0.407 e. The lowest BCUT2D eigenvalue weighted by atomic mass is 9.47. The van der Waals surface area contributed by atoms with Crippen LogP contribution >= 0.6 is 0 Å². The summed E-state index contributed by atoms with van der Waals surface area (Å²) in [6.45, 7) is 10.4. The lowest BCUT2D eigenvalue weighted by molar-refractivity contribution is -0.0869. The molecule has 0 heterocycles. The van der Waals surface area contributed by atoms with Crippen LogP contribution in [0.4, 0.5) is 4.79 Å². The Bertz CT molecular complexity index is 315. The second-order valence-corrected chi connectivity index (χ2v) is 7.19. The molecule has 3 fully saturated rings. The summed E-state index contributed by atoms with van der Waals surface area (Å²) in [5, 5.41) is 3.06. The smallest absolute Gasteiger partial charge is 0.407 e. The second kappa shape index (κ2) is 3.89. The molecule has 0 saturated heterocycles. The number of alkyl carbamates (subject to hydrolysis) is 1. The zero-order valence-electron chi connectivity index (χ0n) is 11.7. The van der Waals surface area contributed by atoms with Crippen molar-refractivity contribution in [1.29, 1.82) is 0 Å². The quantitative estimate of drug-likeness (QED) is 0.762. The van der Waals surface area contributed by atoms with Crippen molar-refractivity contribution in [2.45, 2.75) is 65.5 Å². The Labute approximate surface area is 104 Å². The van der Waals surface area contributed by atoms with Crippen LogP contribution in [0.3, 0.4) is 0 Å². The summed E-state index contributed by atoms with van der Waals surface area (Å²) in [5.41, 5.74) is -0.00561. The molecule has 3 nitrogen and oxygen atoms in total. The molecular weight excluding hydrogens is 214 g/mol. The van der Waals surface area contributed by atoms with Crippen LogP contribution in [0.5, 0.6) is 0 Å². The Morgan fingerprint density at radius 2 is 1.94 bits per heavy atom. The fourth-order valence-corrected chi connectivity index (χ4v) is 3.44. The summed E-state index contributed by atoms with van der Waals surface area (Å²) in [6, 6.07) is 0.310. The van der Waals surface area contributed by atoms with Gasteiger partial charge in [-0.1, -0.05) is 13.8 Å². The molecule has 0 spiro atoms. The first kappa shape index (κ1) is 12.7. The predicted octanol–water partition coefficient (Wildman–Crippen LogP) is 3.34. The molecule has 0 aromatic rings. The number of fused-ring (bicyclic) bond motifs is 2. The van der Waals surface area contributed by atoms with Gasteiger partial charge in [0.25, 0.3) is 0 Å². The second-order valence-electron chi connectivity index (χ2n) is 7.19. The van der Waals surface area contributed by atoms with Gasteiger partial charge in [-0.25, -0.2) is 4.79 Å². The number of ether oxygens (including phenoxy) is 1. The van der Waals surface area contributed by atoms with Crippen molar-refractivity contribution in [2.75, 3.05) is 0 Å². The van der Waals surface area contributed by atoms with Gasteiger partial charge in [0.05, 0.1) is 0 Å². The van der Waals surface area contributed by atoms with E-state index in [9.17, 15) is 4.79 Å². The lowest BCUT2D eigenvalue weighted by Gasteiger charge is -2.59. The molecule has 98 valence electrons. The Balaban J connectivity index is 1.90. The molecule has 3 atom stereocenters. The normalized spacial score (nSPS) is 34.8. The molecule has 0 aromatic carbocycles. The molecule has 3 aliphatic carbocycles. The van der Waals surface area contributed by atoms with Crippen molar-refractivity contribution >= 4 is 6.09 Å². The third-order valence-corrected chi connectivity index (χ3v) is 4.56. The molecule has 3 unspecified atom stereocenters. The lowest BCUT2D eigenvalue weighted by Crippen LogP contribution is -2.60. The van der Waals surface area contributed by atoms with Gasteiger partial charge in [-0.15, -0.1) is 0 Å². The summed E-state index contributed by atoms with van der Waals surface area (Å²) in [4.78, 5) is 11.8. The molecular formula is C14H25NO2. The van der Waals surface area contributed by atoms with Crippen molar-refractivity contribution < 1.29 is 9.53 Å². The van der Waals surface area contributed by atoms with Crippen molar-refractivity contribution in [3.8, 4) is 0 Å². The van der Waals surface area contributed by atoms with Crippen LogP contribution in [0.2, 0.25) is 0 Å². The van der Waals surface area contributed by atoms with E-state index in [0.717, 1.165) is 12.3 Å². The third-order valence-electron chi connectivity index (χ3n) is 4.56. The molecule has 3 aliphatic rings. The first-order valence-corrected chi connectivity index (χ1v) is 6.69. The number of hydrogen-bond acceptors (Lipinski definition) is 2. The molecule has 2 bridgehead atoms. The average Bonchev–Trinajstić information content (AvgIpc) is 2.14. The molecule has 0 radical (unpaired) electrons. The van der Waals surface area contributed by atoms with Crippen molar-refractivity contribution in [3.05, 3.63) is 0 Å². The minimum atomic E-state index is -0.406. The van der Waals surface area contributed by atoms with E-state index in [2.05, 4.69) is 19.2 Å². The zero-order valence-corrected chi connectivity index (χ0v) is 11.7. The Morgan fingerprint density at radius 1 is 1.29 bits per heavy atom. The van der Waals surface area contributed by atoms with Gasteiger partial charge in [0, 0.05) is 6.04 Å². The van der Waals surface area contributed by atoms with Gasteiger partial charge in [0.2, 0.25) is 0 Å². The van der Waals surface area contributed by atoms with Crippen molar-refractivity contribution in [1.82, 2.24) is 5.32 Å². The van der Waals surface area contributed by atoms with Crippen LogP contribution < -0.4 is 5.32 Å². The monoisotopic (exact) mass is 239 g/mol. The first-order valence-electron chi connectivity index (χ1n) is 6.69. The molecule has 3 saturated carbocycles. The number of carbonyl (C=O) groups is 1. The van der Waals surface area contributed by atoms with Gasteiger partial charge in [-0.05, 0) is 57.3 Å². The van der Waals surface area contributed by atoms with Gasteiger partial charge < -0.3 is 10.1 Å². The van der Waals surface area contributed by atoms with Crippen LogP contribution in [0, 0.1) is 17.3 Å². The van der Waals surface area contributed by atoms with E-state index in [-0.39, 0.29) is 6.09 Å². The van der Waals surface area contributed by atoms with Gasteiger partial charge in [0.15, 0.2) is 0 Å². The number of amides is 1. The number of nitrogens with one attached hydrogen (secondary N) is 1. The van der Waals surface area contributed by atoms with E-state index < -0.39 is 5.60 Å². The molecule has 3 rings (SSSR count). The summed E-state index contributed by atoms with van der Waals surface area (Å²) in [7, 11) is 0. The summed E-state index contributed by atoms with van der Waals surface area (Å²) in [6.07, 6.45) is 3.36. The van der Waals surface area contributed by atoms with Crippen LogP contribution in [0.1, 0.15) is 53.9 Å². The molecule has 0 aliphatic heterocycles. The average molecular weight is 239 g/mol. The van der Waals surface area contributed by atoms with E-state index in [4.69, 9.17) is 4.74 Å². The molecule has 17 heavy (non-hydrogen) atoms. The summed E-state index contributed by atoms with van der Waals surface area (Å²) < 4.78 is 5.32. The topological polar surface area (TPSA) is 38.3 Å². The largest absolute Gasteiger partial charge is 0.444 e. The molecule has 1 amide bonds. The fraction of sp³-hybridized carbons (Fsp3) is 0.929. The van der Waals surface area contributed by atoms with E-state index in [1.807, 2.05) is 20.8 Å². The van der Waals surface area contributed by atoms with Crippen molar-refractivity contribution in [2.24, 2.45) is 17.3 Å². The first-order chi connectivity index (χ1) is 7.70. The highest BCUT2D eigenvalue weighted by Crippen LogP contribution is 2.59. The highest BCUT2D eigenvalue weighted by molar-refractivity contribution is 5.68. The predicted molar refractivity (Wildman–Crippen MR) is 67.8 cm³/mol. The summed E-state index contributed by atoms with van der Waals surface area (Å²) in [5.74, 6) is 1.50. The Morgan fingerprint density at radius 3 is 2.41 bits per heavy atom. The highest BCUT2D eigenvalue weighted by Gasteiger charge is 2.54. The van der Waals surface area contributed by atoms with E-state index in [1.54, 1.807) is 0 Å². The van der Waals surface area contributed by atoms with Gasteiger partial charge in [0.1, 0.15) is 5.60 Å². The maximum absolute atomic E-state index is 11.8. The fourth-order valence-electron chi connectivity index (χ4n) is 3.44. The van der Waals surface area contributed by atoms with Crippen LogP contribution in [0.15, 0.2) is 0 Å². The van der Waals surface area contributed by atoms with Gasteiger partial charge in [-0.3, -0.25) is 0 Å². The van der Waals surface area contributed by atoms with E-state index in [0.29, 0.717) is 17.4 Å².